The molecule has 0 fully saturated rings. The van der Waals surface area contributed by atoms with E-state index in [2.05, 4.69) is 16.5 Å². The molecule has 0 bridgehead atoms. The molecule has 3 heteroatoms. The van der Waals surface area contributed by atoms with Crippen molar-refractivity contribution in [3.8, 4) is 11.3 Å². The molecule has 0 spiro atoms. The minimum atomic E-state index is 0.758. The molecule has 0 saturated carbocycles. The van der Waals surface area contributed by atoms with Crippen LogP contribution in [0.5, 0.6) is 0 Å². The number of hydrogen-bond acceptors (Lipinski definition) is 2. The predicted octanol–water partition coefficient (Wildman–Crippen LogP) is 2.69. The van der Waals surface area contributed by atoms with Gasteiger partial charge in [0.2, 0.25) is 0 Å². The van der Waals surface area contributed by atoms with Gasteiger partial charge in [0.05, 0.1) is 0 Å². The topological polar surface area (TPSA) is 34.9 Å². The maximum atomic E-state index is 10.9. The SMILES string of the molecule is CCn1c(-c2ccncc2)cc(C=O)c1C. The number of pyridine rings is 1. The van der Waals surface area contributed by atoms with Gasteiger partial charge >= 0.3 is 0 Å². The van der Waals surface area contributed by atoms with E-state index in [0.29, 0.717) is 0 Å². The van der Waals surface area contributed by atoms with Crippen LogP contribution in [-0.4, -0.2) is 15.8 Å². The van der Waals surface area contributed by atoms with E-state index in [9.17, 15) is 4.79 Å². The predicted molar refractivity (Wildman–Crippen MR) is 63.5 cm³/mol. The van der Waals surface area contributed by atoms with Crippen LogP contribution >= 0.6 is 0 Å². The largest absolute Gasteiger partial charge is 0.344 e. The number of rotatable bonds is 3. The summed E-state index contributed by atoms with van der Waals surface area (Å²) in [6.45, 7) is 4.90. The monoisotopic (exact) mass is 214 g/mol. The molecule has 2 aromatic heterocycles. The fourth-order valence-corrected chi connectivity index (χ4v) is 1.95. The van der Waals surface area contributed by atoms with Crippen LogP contribution in [0.4, 0.5) is 0 Å². The van der Waals surface area contributed by atoms with Crippen LogP contribution in [-0.2, 0) is 6.54 Å². The van der Waals surface area contributed by atoms with E-state index in [1.54, 1.807) is 12.4 Å². The molecule has 0 radical (unpaired) electrons. The summed E-state index contributed by atoms with van der Waals surface area (Å²) in [6.07, 6.45) is 4.43. The van der Waals surface area contributed by atoms with Gasteiger partial charge in [0.15, 0.2) is 6.29 Å². The first-order valence-corrected chi connectivity index (χ1v) is 5.33. The third kappa shape index (κ3) is 1.65. The molecule has 0 unspecified atom stereocenters. The van der Waals surface area contributed by atoms with Gasteiger partial charge in [0.25, 0.3) is 0 Å². The summed E-state index contributed by atoms with van der Waals surface area (Å²) in [5.41, 5.74) is 3.94. The lowest BCUT2D eigenvalue weighted by molar-refractivity contribution is 0.112. The molecular formula is C13H14N2O. The van der Waals surface area contributed by atoms with Crippen molar-refractivity contribution in [2.45, 2.75) is 20.4 Å². The summed E-state index contributed by atoms with van der Waals surface area (Å²) in [4.78, 5) is 14.9. The normalized spacial score (nSPS) is 10.4. The van der Waals surface area contributed by atoms with Crippen LogP contribution in [0.1, 0.15) is 23.0 Å². The Balaban J connectivity index is 2.61. The number of aldehydes is 1. The fraction of sp³-hybridized carbons (Fsp3) is 0.231. The fourth-order valence-electron chi connectivity index (χ4n) is 1.95. The van der Waals surface area contributed by atoms with Crippen molar-refractivity contribution in [1.82, 2.24) is 9.55 Å². The van der Waals surface area contributed by atoms with Crippen LogP contribution in [0.2, 0.25) is 0 Å². The second-order valence-corrected chi connectivity index (χ2v) is 3.67. The number of nitrogens with zero attached hydrogens (tertiary/aromatic N) is 2. The molecule has 0 aromatic carbocycles. The van der Waals surface area contributed by atoms with Crippen molar-refractivity contribution in [1.29, 1.82) is 0 Å². The highest BCUT2D eigenvalue weighted by Gasteiger charge is 2.11. The average Bonchev–Trinajstić information content (AvgIpc) is 2.66. The Morgan fingerprint density at radius 1 is 1.38 bits per heavy atom. The quantitative estimate of drug-likeness (QED) is 0.736. The molecule has 2 rings (SSSR count). The van der Waals surface area contributed by atoms with Gasteiger partial charge in [-0.2, -0.15) is 0 Å². The molecule has 0 amide bonds. The molecule has 0 N–H and O–H groups in total. The first-order valence-electron chi connectivity index (χ1n) is 5.33. The van der Waals surface area contributed by atoms with Gasteiger partial charge in [-0.15, -0.1) is 0 Å². The first-order chi connectivity index (χ1) is 7.77. The lowest BCUT2D eigenvalue weighted by atomic mass is 10.2. The lowest BCUT2D eigenvalue weighted by Gasteiger charge is -2.08. The van der Waals surface area contributed by atoms with Crippen LogP contribution < -0.4 is 0 Å². The molecule has 82 valence electrons. The van der Waals surface area contributed by atoms with E-state index in [4.69, 9.17) is 0 Å². The third-order valence-electron chi connectivity index (χ3n) is 2.82. The highest BCUT2D eigenvalue weighted by atomic mass is 16.1. The molecule has 0 atom stereocenters. The minimum absolute atomic E-state index is 0.758. The molecule has 0 saturated heterocycles. The highest BCUT2D eigenvalue weighted by Crippen LogP contribution is 2.24. The van der Waals surface area contributed by atoms with E-state index >= 15 is 0 Å². The lowest BCUT2D eigenvalue weighted by Crippen LogP contribution is -1.99. The molecule has 2 heterocycles. The molecule has 0 aliphatic heterocycles. The Morgan fingerprint density at radius 3 is 2.62 bits per heavy atom. The Bertz CT molecular complexity index is 500. The zero-order chi connectivity index (χ0) is 11.5. The zero-order valence-corrected chi connectivity index (χ0v) is 9.47. The molecule has 0 aliphatic carbocycles. The molecular weight excluding hydrogens is 200 g/mol. The third-order valence-corrected chi connectivity index (χ3v) is 2.82. The van der Waals surface area contributed by atoms with Gasteiger partial charge in [0, 0.05) is 41.5 Å². The summed E-state index contributed by atoms with van der Waals surface area (Å²) in [6, 6.07) is 5.84. The Hall–Kier alpha value is -1.90. The minimum Gasteiger partial charge on any atom is -0.344 e. The van der Waals surface area contributed by atoms with Crippen LogP contribution in [0, 0.1) is 6.92 Å². The van der Waals surface area contributed by atoms with E-state index in [-0.39, 0.29) is 0 Å². The Kier molecular flexibility index (Phi) is 2.86. The molecule has 16 heavy (non-hydrogen) atoms. The number of carbonyl (C=O) groups excluding carboxylic acids is 1. The van der Waals surface area contributed by atoms with Crippen molar-refractivity contribution in [2.75, 3.05) is 0 Å². The second kappa shape index (κ2) is 4.31. The summed E-state index contributed by atoms with van der Waals surface area (Å²) in [5, 5.41) is 0. The van der Waals surface area contributed by atoms with Gasteiger partial charge in [-0.25, -0.2) is 0 Å². The van der Waals surface area contributed by atoms with Crippen LogP contribution in [0.15, 0.2) is 30.6 Å². The standard InChI is InChI=1S/C13H14N2O/c1-3-15-10(2)12(9-16)8-13(15)11-4-6-14-7-5-11/h4-9H,3H2,1-2H3. The van der Waals surface area contributed by atoms with Gasteiger partial charge in [-0.3, -0.25) is 9.78 Å². The van der Waals surface area contributed by atoms with Crippen molar-refractivity contribution in [3.05, 3.63) is 41.9 Å². The summed E-state index contributed by atoms with van der Waals surface area (Å²) < 4.78 is 2.14. The van der Waals surface area contributed by atoms with Crippen molar-refractivity contribution < 1.29 is 4.79 Å². The summed E-state index contributed by atoms with van der Waals surface area (Å²) in [7, 11) is 0. The van der Waals surface area contributed by atoms with E-state index in [0.717, 1.165) is 35.3 Å². The van der Waals surface area contributed by atoms with Gasteiger partial charge < -0.3 is 4.57 Å². The molecule has 3 nitrogen and oxygen atoms in total. The van der Waals surface area contributed by atoms with Crippen LogP contribution in [0.25, 0.3) is 11.3 Å². The maximum absolute atomic E-state index is 10.9. The Labute approximate surface area is 94.7 Å². The van der Waals surface area contributed by atoms with Crippen LogP contribution in [0.3, 0.4) is 0 Å². The average molecular weight is 214 g/mol. The number of hydrogen-bond donors (Lipinski definition) is 0. The Morgan fingerprint density at radius 2 is 2.06 bits per heavy atom. The number of carbonyl (C=O) groups is 1. The van der Waals surface area contributed by atoms with E-state index in [1.807, 2.05) is 25.1 Å². The summed E-state index contributed by atoms with van der Waals surface area (Å²) in [5.74, 6) is 0. The summed E-state index contributed by atoms with van der Waals surface area (Å²) >= 11 is 0. The van der Waals surface area contributed by atoms with Gasteiger partial charge in [0.1, 0.15) is 0 Å². The zero-order valence-electron chi connectivity index (χ0n) is 9.47. The van der Waals surface area contributed by atoms with Gasteiger partial charge in [-0.1, -0.05) is 0 Å². The van der Waals surface area contributed by atoms with Gasteiger partial charge in [-0.05, 0) is 32.0 Å². The smallest absolute Gasteiger partial charge is 0.151 e. The van der Waals surface area contributed by atoms with E-state index < -0.39 is 0 Å². The first kappa shape index (κ1) is 10.6. The molecule has 2 aromatic rings. The van der Waals surface area contributed by atoms with E-state index in [1.165, 1.54) is 0 Å². The van der Waals surface area contributed by atoms with Crippen molar-refractivity contribution in [3.63, 3.8) is 0 Å². The molecule has 0 aliphatic rings. The number of aromatic nitrogens is 2. The van der Waals surface area contributed by atoms with Crippen molar-refractivity contribution in [2.24, 2.45) is 0 Å². The highest BCUT2D eigenvalue weighted by molar-refractivity contribution is 5.80. The maximum Gasteiger partial charge on any atom is 0.151 e. The van der Waals surface area contributed by atoms with Crippen molar-refractivity contribution >= 4 is 6.29 Å². The second-order valence-electron chi connectivity index (χ2n) is 3.67.